The molecule has 0 aromatic heterocycles. The molecular formula is C22H43NSi. The molecule has 0 aromatic rings. The van der Waals surface area contributed by atoms with E-state index in [2.05, 4.69) is 18.4 Å². The van der Waals surface area contributed by atoms with Gasteiger partial charge in [-0.1, -0.05) is 110 Å². The number of nitrogens with zero attached hydrogens (tertiary/aromatic N) is 1. The van der Waals surface area contributed by atoms with Gasteiger partial charge in [0.1, 0.15) is 8.24 Å². The van der Waals surface area contributed by atoms with E-state index in [0.717, 1.165) is 16.6 Å². The summed E-state index contributed by atoms with van der Waals surface area (Å²) in [5.74, 6) is 0. The average Bonchev–Trinajstić information content (AvgIpc) is 2.68. The van der Waals surface area contributed by atoms with E-state index in [1.807, 2.05) is 0 Å². The molecule has 3 fully saturated rings. The maximum atomic E-state index is 3.15. The summed E-state index contributed by atoms with van der Waals surface area (Å²) < 4.78 is 3.15. The summed E-state index contributed by atoms with van der Waals surface area (Å²) in [5.41, 5.74) is 3.41. The van der Waals surface area contributed by atoms with Crippen molar-refractivity contribution in [1.82, 2.24) is 4.57 Å². The van der Waals surface area contributed by atoms with Gasteiger partial charge in [0.15, 0.2) is 0 Å². The number of hydrogen-bond acceptors (Lipinski definition) is 1. The number of rotatable bonds is 6. The Labute approximate surface area is 153 Å². The van der Waals surface area contributed by atoms with Gasteiger partial charge in [-0.05, 0) is 29.7 Å². The second-order valence-corrected chi connectivity index (χ2v) is 13.9. The first kappa shape index (κ1) is 19.0. The molecule has 0 amide bonds. The Morgan fingerprint density at radius 3 is 1.08 bits per heavy atom. The van der Waals surface area contributed by atoms with Crippen molar-refractivity contribution in [3.8, 4) is 0 Å². The predicted molar refractivity (Wildman–Crippen MR) is 109 cm³/mol. The zero-order valence-corrected chi connectivity index (χ0v) is 17.7. The molecule has 3 rings (SSSR count). The third-order valence-electron chi connectivity index (χ3n) is 8.09. The minimum Gasteiger partial charge on any atom is -0.323 e. The fourth-order valence-electron chi connectivity index (χ4n) is 7.24. The van der Waals surface area contributed by atoms with E-state index in [1.165, 1.54) is 32.4 Å². The molecule has 0 radical (unpaired) electrons. The van der Waals surface area contributed by atoms with Crippen LogP contribution in [0.2, 0.25) is 16.6 Å². The summed E-state index contributed by atoms with van der Waals surface area (Å²) >= 11 is 0. The van der Waals surface area contributed by atoms with Crippen molar-refractivity contribution in [2.45, 2.75) is 127 Å². The minimum atomic E-state index is -1.39. The molecular weight excluding hydrogens is 306 g/mol. The van der Waals surface area contributed by atoms with E-state index in [1.54, 1.807) is 77.0 Å². The van der Waals surface area contributed by atoms with Gasteiger partial charge >= 0.3 is 0 Å². The van der Waals surface area contributed by atoms with Crippen LogP contribution in [0, 0.1) is 0 Å². The second kappa shape index (κ2) is 9.21. The fourth-order valence-corrected chi connectivity index (χ4v) is 15.9. The predicted octanol–water partition coefficient (Wildman–Crippen LogP) is 7.28. The molecule has 0 atom stereocenters. The summed E-state index contributed by atoms with van der Waals surface area (Å²) in [7, 11) is -1.39. The molecule has 1 nitrogen and oxygen atoms in total. The summed E-state index contributed by atoms with van der Waals surface area (Å²) in [6, 6.07) is 0. The molecule has 0 aliphatic heterocycles. The van der Waals surface area contributed by atoms with Crippen molar-refractivity contribution < 1.29 is 0 Å². The van der Waals surface area contributed by atoms with Gasteiger partial charge in [0.05, 0.1) is 0 Å². The maximum absolute atomic E-state index is 3.15. The van der Waals surface area contributed by atoms with E-state index in [9.17, 15) is 0 Å². The fraction of sp³-hybridized carbons (Fsp3) is 1.00. The molecule has 0 aromatic carbocycles. The molecule has 0 unspecified atom stereocenters. The van der Waals surface area contributed by atoms with Crippen LogP contribution >= 0.6 is 0 Å². The van der Waals surface area contributed by atoms with Crippen LogP contribution in [-0.4, -0.2) is 25.9 Å². The van der Waals surface area contributed by atoms with Crippen LogP contribution in [0.1, 0.15) is 110 Å². The van der Waals surface area contributed by atoms with Gasteiger partial charge in [-0.3, -0.25) is 0 Å². The zero-order chi connectivity index (χ0) is 16.8. The third-order valence-corrected chi connectivity index (χ3v) is 15.5. The van der Waals surface area contributed by atoms with Crippen LogP contribution in [0.15, 0.2) is 0 Å². The Morgan fingerprint density at radius 2 is 0.833 bits per heavy atom. The quantitative estimate of drug-likeness (QED) is 0.455. The van der Waals surface area contributed by atoms with E-state index in [0.29, 0.717) is 0 Å². The normalized spacial score (nSPS) is 26.1. The van der Waals surface area contributed by atoms with Crippen molar-refractivity contribution >= 4 is 8.24 Å². The van der Waals surface area contributed by atoms with Crippen LogP contribution in [0.25, 0.3) is 0 Å². The van der Waals surface area contributed by atoms with Crippen LogP contribution in [0.4, 0.5) is 0 Å². The highest BCUT2D eigenvalue weighted by molar-refractivity contribution is 6.81. The first-order valence-corrected chi connectivity index (χ1v) is 13.8. The average molecular weight is 350 g/mol. The lowest BCUT2D eigenvalue weighted by Crippen LogP contribution is -2.63. The second-order valence-electron chi connectivity index (χ2n) is 9.06. The van der Waals surface area contributed by atoms with E-state index >= 15 is 0 Å². The van der Waals surface area contributed by atoms with E-state index in [-0.39, 0.29) is 0 Å². The van der Waals surface area contributed by atoms with Crippen LogP contribution < -0.4 is 0 Å². The number of hydrogen-bond donors (Lipinski definition) is 0. The van der Waals surface area contributed by atoms with Crippen molar-refractivity contribution in [1.29, 1.82) is 0 Å². The monoisotopic (exact) mass is 349 g/mol. The van der Waals surface area contributed by atoms with Crippen LogP contribution in [-0.2, 0) is 0 Å². The third kappa shape index (κ3) is 3.65. The molecule has 0 spiro atoms. The summed E-state index contributed by atoms with van der Waals surface area (Å²) in [6.45, 7) is 7.65. The van der Waals surface area contributed by atoms with Crippen molar-refractivity contribution in [3.63, 3.8) is 0 Å². The van der Waals surface area contributed by atoms with Gasteiger partial charge < -0.3 is 4.57 Å². The molecule has 0 saturated heterocycles. The van der Waals surface area contributed by atoms with Gasteiger partial charge in [0.25, 0.3) is 0 Å². The highest BCUT2D eigenvalue weighted by atomic mass is 28.3. The Balaban J connectivity index is 1.98. The Kier molecular flexibility index (Phi) is 7.27. The lowest BCUT2D eigenvalue weighted by atomic mass is 9.98. The maximum Gasteiger partial charge on any atom is 0.137 e. The first-order valence-electron chi connectivity index (χ1n) is 11.6. The molecule has 3 saturated carbocycles. The van der Waals surface area contributed by atoms with Crippen LogP contribution in [0.5, 0.6) is 0 Å². The molecule has 3 aliphatic carbocycles. The summed E-state index contributed by atoms with van der Waals surface area (Å²) in [6.07, 6.45) is 23.4. The Morgan fingerprint density at radius 1 is 0.542 bits per heavy atom. The van der Waals surface area contributed by atoms with E-state index in [4.69, 9.17) is 0 Å². The van der Waals surface area contributed by atoms with Gasteiger partial charge in [0.2, 0.25) is 0 Å². The molecule has 3 aliphatic rings. The molecule has 2 heteroatoms. The van der Waals surface area contributed by atoms with Crippen LogP contribution in [0.3, 0.4) is 0 Å². The summed E-state index contributed by atoms with van der Waals surface area (Å²) in [5, 5.41) is 0. The van der Waals surface area contributed by atoms with Crippen molar-refractivity contribution in [3.05, 3.63) is 0 Å². The zero-order valence-electron chi connectivity index (χ0n) is 16.7. The summed E-state index contributed by atoms with van der Waals surface area (Å²) in [4.78, 5) is 0. The molecule has 0 bridgehead atoms. The highest BCUT2D eigenvalue weighted by Crippen LogP contribution is 2.57. The largest absolute Gasteiger partial charge is 0.323 e. The van der Waals surface area contributed by atoms with Gasteiger partial charge in [-0.15, -0.1) is 0 Å². The smallest absolute Gasteiger partial charge is 0.137 e. The van der Waals surface area contributed by atoms with Gasteiger partial charge in [-0.25, -0.2) is 0 Å². The van der Waals surface area contributed by atoms with E-state index < -0.39 is 8.24 Å². The van der Waals surface area contributed by atoms with Gasteiger partial charge in [0, 0.05) is 0 Å². The SMILES string of the molecule is CCN(CC)[Si](C1CCCCC1)(C1CCCCC1)C1CCCCC1. The highest BCUT2D eigenvalue weighted by Gasteiger charge is 2.55. The topological polar surface area (TPSA) is 3.24 Å². The lowest BCUT2D eigenvalue weighted by molar-refractivity contribution is 0.335. The molecule has 24 heavy (non-hydrogen) atoms. The van der Waals surface area contributed by atoms with Crippen molar-refractivity contribution in [2.75, 3.05) is 13.1 Å². The van der Waals surface area contributed by atoms with Crippen molar-refractivity contribution in [2.24, 2.45) is 0 Å². The first-order chi connectivity index (χ1) is 11.8. The molecule has 0 heterocycles. The molecule has 0 N–H and O–H groups in total. The Bertz CT molecular complexity index is 301. The standard InChI is InChI=1S/C22H43NSi/c1-3-23(4-2)24(20-14-8-5-9-15-20,21-16-10-6-11-17-21)22-18-12-7-13-19-22/h20-22H,3-19H2,1-2H3. The molecule has 140 valence electrons. The lowest BCUT2D eigenvalue weighted by Gasteiger charge is -2.58. The Hall–Kier alpha value is 0.177. The van der Waals surface area contributed by atoms with Gasteiger partial charge in [-0.2, -0.15) is 0 Å². The minimum absolute atomic E-state index is 1.14.